The second kappa shape index (κ2) is 5.87. The molecule has 19 heavy (non-hydrogen) atoms. The minimum atomic E-state index is -0.331. The van der Waals surface area contributed by atoms with Crippen LogP contribution in [0.3, 0.4) is 0 Å². The number of rotatable bonds is 4. The zero-order valence-corrected chi connectivity index (χ0v) is 12.2. The lowest BCUT2D eigenvalue weighted by atomic mass is 10.1. The molecule has 0 aromatic heterocycles. The lowest BCUT2D eigenvalue weighted by Gasteiger charge is -2.24. The van der Waals surface area contributed by atoms with Crippen molar-refractivity contribution in [1.82, 2.24) is 5.32 Å². The Balaban J connectivity index is 2.64. The van der Waals surface area contributed by atoms with E-state index in [1.807, 2.05) is 20.8 Å². The highest BCUT2D eigenvalue weighted by atomic mass is 16.2. The third-order valence-electron chi connectivity index (χ3n) is 2.57. The number of carbonyl (C=O) groups excluding carboxylic acids is 2. The number of Topliss-reactive ketones (excluding diaryl/α,β-unsaturated/α-hetero) is 1. The zero-order valence-electron chi connectivity index (χ0n) is 12.2. The molecular formula is C15H22N2O2. The van der Waals surface area contributed by atoms with E-state index in [9.17, 15) is 9.59 Å². The Morgan fingerprint density at radius 3 is 2.05 bits per heavy atom. The van der Waals surface area contributed by atoms with E-state index in [1.165, 1.54) is 6.92 Å². The molecule has 0 fully saturated rings. The summed E-state index contributed by atoms with van der Waals surface area (Å²) in [6.45, 7) is 9.17. The van der Waals surface area contributed by atoms with Crippen molar-refractivity contribution in [1.29, 1.82) is 0 Å². The van der Waals surface area contributed by atoms with Gasteiger partial charge in [0.2, 0.25) is 5.91 Å². The third-order valence-corrected chi connectivity index (χ3v) is 2.57. The molecule has 1 rings (SSSR count). The van der Waals surface area contributed by atoms with E-state index in [4.69, 9.17) is 0 Å². The molecular weight excluding hydrogens is 240 g/mol. The second-order valence-corrected chi connectivity index (χ2v) is 5.74. The summed E-state index contributed by atoms with van der Waals surface area (Å²) >= 11 is 0. The average molecular weight is 262 g/mol. The van der Waals surface area contributed by atoms with Gasteiger partial charge in [0.1, 0.15) is 6.04 Å². The van der Waals surface area contributed by atoms with Gasteiger partial charge in [-0.15, -0.1) is 0 Å². The van der Waals surface area contributed by atoms with Crippen LogP contribution in [0.15, 0.2) is 24.3 Å². The van der Waals surface area contributed by atoms with Gasteiger partial charge in [-0.3, -0.25) is 9.59 Å². The Kier molecular flexibility index (Phi) is 4.70. The topological polar surface area (TPSA) is 58.2 Å². The van der Waals surface area contributed by atoms with E-state index >= 15 is 0 Å². The van der Waals surface area contributed by atoms with Crippen LogP contribution >= 0.6 is 0 Å². The Morgan fingerprint density at radius 1 is 1.11 bits per heavy atom. The summed E-state index contributed by atoms with van der Waals surface area (Å²) in [4.78, 5) is 23.1. The molecule has 0 saturated carbocycles. The van der Waals surface area contributed by atoms with Crippen LogP contribution in [0.5, 0.6) is 0 Å². The summed E-state index contributed by atoms with van der Waals surface area (Å²) in [5.41, 5.74) is 1.24. The van der Waals surface area contributed by atoms with E-state index in [2.05, 4.69) is 10.6 Å². The molecule has 0 aliphatic carbocycles. The van der Waals surface area contributed by atoms with Crippen molar-refractivity contribution in [3.63, 3.8) is 0 Å². The van der Waals surface area contributed by atoms with Crippen molar-refractivity contribution in [2.75, 3.05) is 5.32 Å². The van der Waals surface area contributed by atoms with Crippen molar-refractivity contribution in [3.05, 3.63) is 29.8 Å². The molecule has 0 saturated heterocycles. The van der Waals surface area contributed by atoms with Crippen molar-refractivity contribution in [3.8, 4) is 0 Å². The number of amides is 1. The fourth-order valence-electron chi connectivity index (χ4n) is 1.59. The molecule has 1 atom stereocenters. The van der Waals surface area contributed by atoms with E-state index in [1.54, 1.807) is 31.2 Å². The Morgan fingerprint density at radius 2 is 1.63 bits per heavy atom. The van der Waals surface area contributed by atoms with Gasteiger partial charge in [-0.1, -0.05) is 0 Å². The highest BCUT2D eigenvalue weighted by molar-refractivity contribution is 5.94. The first-order valence-corrected chi connectivity index (χ1v) is 6.38. The van der Waals surface area contributed by atoms with Crippen LogP contribution in [0.2, 0.25) is 0 Å². The number of ketones is 1. The molecule has 104 valence electrons. The first-order chi connectivity index (χ1) is 8.69. The van der Waals surface area contributed by atoms with Gasteiger partial charge in [0.25, 0.3) is 0 Å². The fourth-order valence-corrected chi connectivity index (χ4v) is 1.59. The van der Waals surface area contributed by atoms with Gasteiger partial charge in [0, 0.05) is 16.8 Å². The molecule has 4 heteroatoms. The van der Waals surface area contributed by atoms with Gasteiger partial charge >= 0.3 is 0 Å². The molecule has 0 heterocycles. The van der Waals surface area contributed by atoms with Crippen molar-refractivity contribution in [2.24, 2.45) is 0 Å². The maximum Gasteiger partial charge on any atom is 0.242 e. The van der Waals surface area contributed by atoms with Crippen LogP contribution in [0.25, 0.3) is 0 Å². The van der Waals surface area contributed by atoms with Crippen LogP contribution in [0.4, 0.5) is 5.69 Å². The molecule has 2 N–H and O–H groups in total. The molecule has 0 spiro atoms. The number of anilines is 1. The number of hydrogen-bond acceptors (Lipinski definition) is 3. The smallest absolute Gasteiger partial charge is 0.242 e. The van der Waals surface area contributed by atoms with E-state index in [-0.39, 0.29) is 23.3 Å². The number of benzene rings is 1. The molecule has 1 amide bonds. The molecule has 1 aromatic rings. The predicted molar refractivity (Wildman–Crippen MR) is 77.4 cm³/mol. The first-order valence-electron chi connectivity index (χ1n) is 6.38. The van der Waals surface area contributed by atoms with Gasteiger partial charge in [0.15, 0.2) is 5.78 Å². The van der Waals surface area contributed by atoms with Gasteiger partial charge in [-0.2, -0.15) is 0 Å². The zero-order chi connectivity index (χ0) is 14.6. The fraction of sp³-hybridized carbons (Fsp3) is 0.467. The monoisotopic (exact) mass is 262 g/mol. The van der Waals surface area contributed by atoms with Crippen molar-refractivity contribution < 1.29 is 9.59 Å². The molecule has 1 unspecified atom stereocenters. The molecule has 4 nitrogen and oxygen atoms in total. The van der Waals surface area contributed by atoms with E-state index < -0.39 is 0 Å². The molecule has 0 bridgehead atoms. The van der Waals surface area contributed by atoms with Gasteiger partial charge in [0.05, 0.1) is 0 Å². The average Bonchev–Trinajstić information content (AvgIpc) is 2.27. The van der Waals surface area contributed by atoms with Gasteiger partial charge < -0.3 is 10.6 Å². The molecule has 0 radical (unpaired) electrons. The second-order valence-electron chi connectivity index (χ2n) is 5.74. The standard InChI is InChI=1S/C15H22N2O2/c1-10(14(19)17-15(3,4)5)16-13-8-6-12(7-9-13)11(2)18/h6-10,16H,1-5H3,(H,17,19). The van der Waals surface area contributed by atoms with Crippen LogP contribution in [-0.2, 0) is 4.79 Å². The minimum absolute atomic E-state index is 0.0325. The predicted octanol–water partition coefficient (Wildman–Crippen LogP) is 2.60. The molecule has 0 aliphatic heterocycles. The maximum atomic E-state index is 11.9. The quantitative estimate of drug-likeness (QED) is 0.820. The Bertz CT molecular complexity index is 458. The minimum Gasteiger partial charge on any atom is -0.374 e. The summed E-state index contributed by atoms with van der Waals surface area (Å²) in [7, 11) is 0. The third kappa shape index (κ3) is 5.12. The summed E-state index contributed by atoms with van der Waals surface area (Å²) in [6.07, 6.45) is 0. The summed E-state index contributed by atoms with van der Waals surface area (Å²) in [5.74, 6) is -0.0202. The van der Waals surface area contributed by atoms with Gasteiger partial charge in [-0.25, -0.2) is 0 Å². The van der Waals surface area contributed by atoms with Gasteiger partial charge in [-0.05, 0) is 58.9 Å². The maximum absolute atomic E-state index is 11.9. The Labute approximate surface area is 114 Å². The van der Waals surface area contributed by atoms with Crippen molar-refractivity contribution in [2.45, 2.75) is 46.2 Å². The summed E-state index contributed by atoms with van der Waals surface area (Å²) < 4.78 is 0. The van der Waals surface area contributed by atoms with Crippen molar-refractivity contribution >= 4 is 17.4 Å². The largest absolute Gasteiger partial charge is 0.374 e. The van der Waals surface area contributed by atoms with Crippen LogP contribution < -0.4 is 10.6 Å². The SMILES string of the molecule is CC(=O)c1ccc(NC(C)C(=O)NC(C)(C)C)cc1. The number of carbonyl (C=O) groups is 2. The summed E-state index contributed by atoms with van der Waals surface area (Å²) in [5, 5.41) is 6.02. The Hall–Kier alpha value is -1.84. The lowest BCUT2D eigenvalue weighted by molar-refractivity contribution is -0.122. The molecule has 1 aromatic carbocycles. The highest BCUT2D eigenvalue weighted by Gasteiger charge is 2.18. The highest BCUT2D eigenvalue weighted by Crippen LogP contribution is 2.11. The first kappa shape index (κ1) is 15.2. The molecule has 0 aliphatic rings. The number of nitrogens with one attached hydrogen (secondary N) is 2. The van der Waals surface area contributed by atoms with E-state index in [0.29, 0.717) is 5.56 Å². The lowest BCUT2D eigenvalue weighted by Crippen LogP contribution is -2.47. The summed E-state index contributed by atoms with van der Waals surface area (Å²) in [6, 6.07) is 6.77. The number of hydrogen-bond donors (Lipinski definition) is 2. The van der Waals surface area contributed by atoms with Crippen LogP contribution in [0, 0.1) is 0 Å². The van der Waals surface area contributed by atoms with Crippen LogP contribution in [-0.4, -0.2) is 23.3 Å². The van der Waals surface area contributed by atoms with Crippen LogP contribution in [0.1, 0.15) is 45.0 Å². The van der Waals surface area contributed by atoms with E-state index in [0.717, 1.165) is 5.69 Å². The normalized spacial score (nSPS) is 12.7.